The topological polar surface area (TPSA) is 35.2 Å². The quantitative estimate of drug-likeness (QED) is 0.872. The van der Waals surface area contributed by atoms with Gasteiger partial charge in [0.25, 0.3) is 0 Å². The molecule has 0 heterocycles. The van der Waals surface area contributed by atoms with Gasteiger partial charge < -0.3 is 10.5 Å². The molecule has 0 radical (unpaired) electrons. The maximum Gasteiger partial charge on any atom is 0.416 e. The lowest BCUT2D eigenvalue weighted by Crippen LogP contribution is -2.08. The highest BCUT2D eigenvalue weighted by molar-refractivity contribution is 6.31. The van der Waals surface area contributed by atoms with Gasteiger partial charge in [-0.2, -0.15) is 13.2 Å². The summed E-state index contributed by atoms with van der Waals surface area (Å²) < 4.78 is 43.6. The monoisotopic (exact) mass is 315 g/mol. The number of hydrogen-bond donors (Lipinski definition) is 1. The fourth-order valence-corrected chi connectivity index (χ4v) is 1.94. The van der Waals surface area contributed by atoms with Crippen molar-refractivity contribution in [2.45, 2.75) is 19.6 Å². The van der Waals surface area contributed by atoms with Crippen molar-refractivity contribution in [2.24, 2.45) is 5.73 Å². The zero-order valence-electron chi connectivity index (χ0n) is 11.2. The molecule has 2 aromatic carbocycles. The molecule has 2 rings (SSSR count). The van der Waals surface area contributed by atoms with Gasteiger partial charge in [-0.25, -0.2) is 0 Å². The van der Waals surface area contributed by atoms with Crippen LogP contribution in [0.5, 0.6) is 11.5 Å². The van der Waals surface area contributed by atoms with Gasteiger partial charge >= 0.3 is 6.18 Å². The number of halogens is 4. The van der Waals surface area contributed by atoms with Crippen molar-refractivity contribution >= 4 is 11.6 Å². The fraction of sp³-hybridized carbons (Fsp3) is 0.200. The van der Waals surface area contributed by atoms with Crippen LogP contribution in [0.15, 0.2) is 36.4 Å². The van der Waals surface area contributed by atoms with Gasteiger partial charge in [0.1, 0.15) is 11.5 Å². The Morgan fingerprint density at radius 2 is 1.86 bits per heavy atom. The van der Waals surface area contributed by atoms with E-state index in [1.807, 2.05) is 6.92 Å². The van der Waals surface area contributed by atoms with Crippen LogP contribution < -0.4 is 10.5 Å². The Kier molecular flexibility index (Phi) is 4.44. The first-order chi connectivity index (χ1) is 9.81. The van der Waals surface area contributed by atoms with Crippen LogP contribution in [-0.2, 0) is 12.7 Å². The minimum absolute atomic E-state index is 0.0498. The predicted molar refractivity (Wildman–Crippen MR) is 75.6 cm³/mol. The van der Waals surface area contributed by atoms with Crippen LogP contribution in [0.2, 0.25) is 5.02 Å². The third kappa shape index (κ3) is 3.68. The van der Waals surface area contributed by atoms with Gasteiger partial charge in [-0.05, 0) is 48.9 Å². The van der Waals surface area contributed by atoms with Crippen LogP contribution in [0.4, 0.5) is 13.2 Å². The molecule has 0 amide bonds. The minimum Gasteiger partial charge on any atom is -0.457 e. The Morgan fingerprint density at radius 3 is 2.43 bits per heavy atom. The number of benzene rings is 2. The average Bonchev–Trinajstić information content (AvgIpc) is 2.42. The Hall–Kier alpha value is -1.72. The molecule has 2 N–H and O–H groups in total. The summed E-state index contributed by atoms with van der Waals surface area (Å²) in [6.45, 7) is 1.76. The molecule has 0 bridgehead atoms. The first-order valence-corrected chi connectivity index (χ1v) is 6.53. The zero-order valence-corrected chi connectivity index (χ0v) is 11.9. The smallest absolute Gasteiger partial charge is 0.416 e. The molecular weight excluding hydrogens is 303 g/mol. The molecule has 2 aromatic rings. The Morgan fingerprint density at radius 1 is 1.14 bits per heavy atom. The van der Waals surface area contributed by atoms with E-state index in [2.05, 4.69) is 0 Å². The summed E-state index contributed by atoms with van der Waals surface area (Å²) in [6.07, 6.45) is -4.40. The molecule has 0 spiro atoms. The second-order valence-electron chi connectivity index (χ2n) is 4.54. The van der Waals surface area contributed by atoms with Crippen LogP contribution in [0.3, 0.4) is 0 Å². The molecule has 112 valence electrons. The number of aryl methyl sites for hydroxylation is 1. The third-order valence-corrected chi connectivity index (χ3v) is 3.39. The van der Waals surface area contributed by atoms with Crippen molar-refractivity contribution < 1.29 is 17.9 Å². The highest BCUT2D eigenvalue weighted by Gasteiger charge is 2.31. The normalized spacial score (nSPS) is 11.5. The minimum atomic E-state index is -4.40. The summed E-state index contributed by atoms with van der Waals surface area (Å²) in [5.74, 6) is 0.790. The van der Waals surface area contributed by atoms with Gasteiger partial charge in [0.15, 0.2) is 0 Å². The highest BCUT2D eigenvalue weighted by atomic mass is 35.5. The number of alkyl halides is 3. The molecule has 6 heteroatoms. The highest BCUT2D eigenvalue weighted by Crippen LogP contribution is 2.34. The molecule has 0 unspecified atom stereocenters. The molecule has 0 atom stereocenters. The third-order valence-electron chi connectivity index (χ3n) is 2.96. The van der Waals surface area contributed by atoms with Gasteiger partial charge in [0.2, 0.25) is 0 Å². The standard InChI is InChI=1S/C15H13ClF3NO/c1-9-6-12(3-4-13(9)16)21-14-5-2-11(15(17,18)19)7-10(14)8-20/h2-7H,8,20H2,1H3. The fourth-order valence-electron chi connectivity index (χ4n) is 1.82. The molecule has 21 heavy (non-hydrogen) atoms. The van der Waals surface area contributed by atoms with Gasteiger partial charge in [0, 0.05) is 17.1 Å². The summed E-state index contributed by atoms with van der Waals surface area (Å²) in [5.41, 5.74) is 5.86. The Labute approximate surface area is 125 Å². The van der Waals surface area contributed by atoms with E-state index < -0.39 is 11.7 Å². The Balaban J connectivity index is 2.33. The van der Waals surface area contributed by atoms with Crippen molar-refractivity contribution in [3.63, 3.8) is 0 Å². The van der Waals surface area contributed by atoms with E-state index in [-0.39, 0.29) is 12.1 Å². The molecule has 0 fully saturated rings. The number of nitrogens with two attached hydrogens (primary N) is 1. The van der Waals surface area contributed by atoms with Crippen molar-refractivity contribution in [3.05, 3.63) is 58.1 Å². The van der Waals surface area contributed by atoms with Crippen molar-refractivity contribution in [3.8, 4) is 11.5 Å². The molecule has 0 aliphatic heterocycles. The van der Waals surface area contributed by atoms with Crippen LogP contribution >= 0.6 is 11.6 Å². The lowest BCUT2D eigenvalue weighted by molar-refractivity contribution is -0.137. The Bertz CT molecular complexity index is 656. The number of ether oxygens (including phenoxy) is 1. The van der Waals surface area contributed by atoms with Gasteiger partial charge in [0.05, 0.1) is 5.56 Å². The second-order valence-corrected chi connectivity index (χ2v) is 4.94. The predicted octanol–water partition coefficient (Wildman–Crippen LogP) is 4.92. The first-order valence-electron chi connectivity index (χ1n) is 6.15. The number of rotatable bonds is 3. The lowest BCUT2D eigenvalue weighted by Gasteiger charge is -2.14. The van der Waals surface area contributed by atoms with Crippen LogP contribution in [0.1, 0.15) is 16.7 Å². The molecule has 0 aliphatic carbocycles. The van der Waals surface area contributed by atoms with E-state index in [9.17, 15) is 13.2 Å². The first kappa shape index (κ1) is 15.7. The summed E-state index contributed by atoms with van der Waals surface area (Å²) in [4.78, 5) is 0. The SMILES string of the molecule is Cc1cc(Oc2ccc(C(F)(F)F)cc2CN)ccc1Cl. The molecule has 0 aliphatic rings. The molecule has 0 aromatic heterocycles. The van der Waals surface area contributed by atoms with Crippen LogP contribution in [0, 0.1) is 6.92 Å². The zero-order chi connectivity index (χ0) is 15.6. The van der Waals surface area contributed by atoms with Crippen LogP contribution in [-0.4, -0.2) is 0 Å². The van der Waals surface area contributed by atoms with Crippen LogP contribution in [0.25, 0.3) is 0 Å². The maximum atomic E-state index is 12.7. The maximum absolute atomic E-state index is 12.7. The van der Waals surface area contributed by atoms with Gasteiger partial charge in [-0.3, -0.25) is 0 Å². The summed E-state index contributed by atoms with van der Waals surface area (Å²) >= 11 is 5.91. The summed E-state index contributed by atoms with van der Waals surface area (Å²) in [6, 6.07) is 8.26. The largest absolute Gasteiger partial charge is 0.457 e. The average molecular weight is 316 g/mol. The summed E-state index contributed by atoms with van der Waals surface area (Å²) in [5, 5.41) is 0.591. The second kappa shape index (κ2) is 5.95. The van der Waals surface area contributed by atoms with Gasteiger partial charge in [-0.15, -0.1) is 0 Å². The van der Waals surface area contributed by atoms with E-state index in [0.717, 1.165) is 17.7 Å². The van der Waals surface area contributed by atoms with Gasteiger partial charge in [-0.1, -0.05) is 11.6 Å². The molecular formula is C15H13ClF3NO. The molecule has 0 saturated carbocycles. The van der Waals surface area contributed by atoms with Crippen molar-refractivity contribution in [1.29, 1.82) is 0 Å². The van der Waals surface area contributed by atoms with E-state index in [0.29, 0.717) is 16.5 Å². The van der Waals surface area contributed by atoms with E-state index in [1.54, 1.807) is 18.2 Å². The van der Waals surface area contributed by atoms with E-state index in [4.69, 9.17) is 22.1 Å². The lowest BCUT2D eigenvalue weighted by atomic mass is 10.1. The van der Waals surface area contributed by atoms with E-state index in [1.165, 1.54) is 6.07 Å². The molecule has 0 saturated heterocycles. The van der Waals surface area contributed by atoms with E-state index >= 15 is 0 Å². The number of hydrogen-bond acceptors (Lipinski definition) is 2. The molecule has 2 nitrogen and oxygen atoms in total. The summed E-state index contributed by atoms with van der Waals surface area (Å²) in [7, 11) is 0. The van der Waals surface area contributed by atoms with Crippen molar-refractivity contribution in [2.75, 3.05) is 0 Å². The van der Waals surface area contributed by atoms with Crippen molar-refractivity contribution in [1.82, 2.24) is 0 Å².